The fourth-order valence-electron chi connectivity index (χ4n) is 3.63. The summed E-state index contributed by atoms with van der Waals surface area (Å²) >= 11 is 0. The number of rotatable bonds is 6. The Morgan fingerprint density at radius 2 is 1.88 bits per heavy atom. The molecule has 0 bridgehead atoms. The zero-order valence-electron chi connectivity index (χ0n) is 17.4. The van der Waals surface area contributed by atoms with Crippen LogP contribution >= 0.6 is 0 Å². The number of hydrogen-bond donors (Lipinski definition) is 2. The zero-order chi connectivity index (χ0) is 23.2. The molecule has 0 amide bonds. The van der Waals surface area contributed by atoms with Gasteiger partial charge in [-0.2, -0.15) is 0 Å². The molecule has 0 radical (unpaired) electrons. The monoisotopic (exact) mass is 468 g/mol. The molecule has 2 aromatic carbocycles. The number of hydrogen-bond acceptors (Lipinski definition) is 5. The zero-order valence-corrected chi connectivity index (χ0v) is 18.2. The van der Waals surface area contributed by atoms with E-state index in [-0.39, 0.29) is 29.2 Å². The third-order valence-electron chi connectivity index (χ3n) is 5.30. The Bertz CT molecular complexity index is 1580. The van der Waals surface area contributed by atoms with Crippen LogP contribution in [0.25, 0.3) is 22.1 Å². The van der Waals surface area contributed by atoms with Crippen molar-refractivity contribution in [1.82, 2.24) is 19.9 Å². The molecule has 7 nitrogen and oxygen atoms in total. The van der Waals surface area contributed by atoms with Gasteiger partial charge in [0.25, 0.3) is 0 Å². The lowest BCUT2D eigenvalue weighted by atomic mass is 10.0. The smallest absolute Gasteiger partial charge is 0.177 e. The normalized spacial score (nSPS) is 12.0. The van der Waals surface area contributed by atoms with Gasteiger partial charge in [-0.05, 0) is 35.4 Å². The summed E-state index contributed by atoms with van der Waals surface area (Å²) in [6.45, 7) is -0.0488. The number of para-hydroxylation sites is 2. The van der Waals surface area contributed by atoms with Crippen molar-refractivity contribution in [3.8, 4) is 5.75 Å². The van der Waals surface area contributed by atoms with E-state index in [1.807, 2.05) is 24.3 Å². The summed E-state index contributed by atoms with van der Waals surface area (Å²) in [4.78, 5) is 14.5. The Morgan fingerprint density at radius 3 is 2.67 bits per heavy atom. The molecule has 10 heteroatoms. The summed E-state index contributed by atoms with van der Waals surface area (Å²) in [5, 5.41) is 0.531. The maximum atomic E-state index is 14.8. The third kappa shape index (κ3) is 4.17. The average Bonchev–Trinajstić information content (AvgIpc) is 3.37. The second kappa shape index (κ2) is 7.96. The first-order valence-corrected chi connectivity index (χ1v) is 11.9. The number of nitrogens with zero attached hydrogens (tertiary/aromatic N) is 2. The van der Waals surface area contributed by atoms with Gasteiger partial charge >= 0.3 is 0 Å². The van der Waals surface area contributed by atoms with Crippen molar-refractivity contribution >= 4 is 31.9 Å². The van der Waals surface area contributed by atoms with Gasteiger partial charge in [0.15, 0.2) is 21.4 Å². The SMILES string of the molecule is CS(=O)(=O)c1cnc2[nH]cc(Cc3cc(F)c(OCc4nc5ccccc5[nH]4)cc3F)c2c1. The van der Waals surface area contributed by atoms with Crippen LogP contribution in [0.1, 0.15) is 17.0 Å². The average molecular weight is 468 g/mol. The van der Waals surface area contributed by atoms with E-state index in [0.717, 1.165) is 29.4 Å². The predicted molar refractivity (Wildman–Crippen MR) is 119 cm³/mol. The molecule has 2 N–H and O–H groups in total. The number of H-pyrrole nitrogens is 2. The molecule has 0 saturated heterocycles. The second-order valence-electron chi connectivity index (χ2n) is 7.69. The summed E-state index contributed by atoms with van der Waals surface area (Å²) in [5.74, 6) is -1.08. The van der Waals surface area contributed by atoms with E-state index in [9.17, 15) is 17.2 Å². The highest BCUT2D eigenvalue weighted by Crippen LogP contribution is 2.27. The number of aromatic amines is 2. The first-order chi connectivity index (χ1) is 15.8. The van der Waals surface area contributed by atoms with E-state index < -0.39 is 21.5 Å². The maximum absolute atomic E-state index is 14.8. The summed E-state index contributed by atoms with van der Waals surface area (Å²) in [6, 6.07) is 11.0. The lowest BCUT2D eigenvalue weighted by molar-refractivity contribution is 0.280. The number of fused-ring (bicyclic) bond motifs is 2. The van der Waals surface area contributed by atoms with Gasteiger partial charge in [0, 0.05) is 36.5 Å². The molecule has 0 saturated carbocycles. The van der Waals surface area contributed by atoms with Gasteiger partial charge in [-0.15, -0.1) is 0 Å². The highest BCUT2D eigenvalue weighted by atomic mass is 32.2. The maximum Gasteiger partial charge on any atom is 0.177 e. The molecule has 168 valence electrons. The van der Waals surface area contributed by atoms with E-state index in [2.05, 4.69) is 19.9 Å². The lowest BCUT2D eigenvalue weighted by Crippen LogP contribution is -2.02. The van der Waals surface area contributed by atoms with Crippen molar-refractivity contribution in [2.75, 3.05) is 6.26 Å². The van der Waals surface area contributed by atoms with Gasteiger partial charge in [-0.1, -0.05) is 12.1 Å². The Hall–Kier alpha value is -3.79. The van der Waals surface area contributed by atoms with Crippen LogP contribution in [0.4, 0.5) is 8.78 Å². The number of aromatic nitrogens is 4. The molecule has 0 aliphatic rings. The second-order valence-corrected chi connectivity index (χ2v) is 9.71. The standard InChI is InChI=1S/C23H18F2N4O3S/c1-33(30,31)15-8-16-14(10-26-23(16)27-11-15)6-13-7-18(25)21(9-17(13)24)32-12-22-28-19-4-2-3-5-20(19)29-22/h2-5,7-11H,6,12H2,1H3,(H,26,27)(H,28,29). The molecule has 5 aromatic rings. The van der Waals surface area contributed by atoms with E-state index in [0.29, 0.717) is 22.4 Å². The molecular formula is C23H18F2N4O3S. The van der Waals surface area contributed by atoms with Crippen LogP contribution in [0.5, 0.6) is 5.75 Å². The summed E-state index contributed by atoms with van der Waals surface area (Å²) < 4.78 is 58.6. The Labute approximate surface area is 187 Å². The largest absolute Gasteiger partial charge is 0.483 e. The van der Waals surface area contributed by atoms with Gasteiger partial charge in [-0.3, -0.25) is 0 Å². The summed E-state index contributed by atoms with van der Waals surface area (Å²) in [5.41, 5.74) is 2.74. The number of ether oxygens (including phenoxy) is 1. The number of pyridine rings is 1. The molecule has 5 rings (SSSR count). The van der Waals surface area contributed by atoms with Gasteiger partial charge < -0.3 is 14.7 Å². The molecule has 0 unspecified atom stereocenters. The van der Waals surface area contributed by atoms with E-state index >= 15 is 0 Å². The number of sulfone groups is 1. The molecule has 3 aromatic heterocycles. The van der Waals surface area contributed by atoms with Crippen LogP contribution in [-0.4, -0.2) is 34.6 Å². The van der Waals surface area contributed by atoms with Crippen LogP contribution in [0.2, 0.25) is 0 Å². The Kier molecular flexibility index (Phi) is 5.09. The van der Waals surface area contributed by atoms with Crippen LogP contribution < -0.4 is 4.74 Å². The van der Waals surface area contributed by atoms with Crippen molar-refractivity contribution in [1.29, 1.82) is 0 Å². The molecule has 0 aliphatic heterocycles. The quantitative estimate of drug-likeness (QED) is 0.387. The molecule has 0 atom stereocenters. The molecule has 0 spiro atoms. The van der Waals surface area contributed by atoms with Crippen LogP contribution in [0, 0.1) is 11.6 Å². The minimum atomic E-state index is -3.45. The third-order valence-corrected chi connectivity index (χ3v) is 6.38. The van der Waals surface area contributed by atoms with Gasteiger partial charge in [-0.25, -0.2) is 27.2 Å². The molecular weight excluding hydrogens is 450 g/mol. The number of imidazole rings is 1. The topological polar surface area (TPSA) is 101 Å². The van der Waals surface area contributed by atoms with Crippen LogP contribution in [-0.2, 0) is 22.9 Å². The molecule has 3 heterocycles. The van der Waals surface area contributed by atoms with Crippen LogP contribution in [0.15, 0.2) is 59.8 Å². The molecule has 33 heavy (non-hydrogen) atoms. The summed E-state index contributed by atoms with van der Waals surface area (Å²) in [7, 11) is -3.45. The Morgan fingerprint density at radius 1 is 1.06 bits per heavy atom. The predicted octanol–water partition coefficient (Wildman–Crippen LogP) is 4.29. The number of halogens is 2. The van der Waals surface area contributed by atoms with E-state index in [1.54, 1.807) is 6.20 Å². The van der Waals surface area contributed by atoms with Crippen molar-refractivity contribution < 1.29 is 21.9 Å². The van der Waals surface area contributed by atoms with Crippen molar-refractivity contribution in [3.05, 3.63) is 83.4 Å². The highest BCUT2D eigenvalue weighted by Gasteiger charge is 2.16. The van der Waals surface area contributed by atoms with Crippen molar-refractivity contribution in [2.24, 2.45) is 0 Å². The Balaban J connectivity index is 1.38. The summed E-state index contributed by atoms with van der Waals surface area (Å²) in [6.07, 6.45) is 3.99. The molecule has 0 aliphatic carbocycles. The molecule has 0 fully saturated rings. The fraction of sp³-hybridized carbons (Fsp3) is 0.130. The van der Waals surface area contributed by atoms with Crippen LogP contribution in [0.3, 0.4) is 0 Å². The van der Waals surface area contributed by atoms with E-state index in [4.69, 9.17) is 4.74 Å². The highest BCUT2D eigenvalue weighted by molar-refractivity contribution is 7.90. The minimum absolute atomic E-state index is 0.0432. The van der Waals surface area contributed by atoms with Gasteiger partial charge in [0.1, 0.15) is 23.9 Å². The van der Waals surface area contributed by atoms with Crippen molar-refractivity contribution in [3.63, 3.8) is 0 Å². The number of benzene rings is 2. The first-order valence-electron chi connectivity index (χ1n) is 9.98. The van der Waals surface area contributed by atoms with Gasteiger partial charge in [0.2, 0.25) is 0 Å². The number of nitrogens with one attached hydrogen (secondary N) is 2. The minimum Gasteiger partial charge on any atom is -0.483 e. The van der Waals surface area contributed by atoms with Gasteiger partial charge in [0.05, 0.1) is 15.9 Å². The van der Waals surface area contributed by atoms with E-state index in [1.165, 1.54) is 12.3 Å². The first kappa shape index (κ1) is 21.1. The fourth-order valence-corrected chi connectivity index (χ4v) is 4.20. The van der Waals surface area contributed by atoms with Crippen molar-refractivity contribution in [2.45, 2.75) is 17.9 Å². The lowest BCUT2D eigenvalue weighted by Gasteiger charge is -2.09.